The number of hydrogen-bond donors (Lipinski definition) is 1. The molecule has 0 heterocycles. The third-order valence-electron chi connectivity index (χ3n) is 1.21. The van der Waals surface area contributed by atoms with Crippen LogP contribution in [0.25, 0.3) is 0 Å². The summed E-state index contributed by atoms with van der Waals surface area (Å²) in [6.07, 6.45) is -4.15. The summed E-state index contributed by atoms with van der Waals surface area (Å²) in [5, 5.41) is 2.20. The normalized spacial score (nSPS) is 11.8. The van der Waals surface area contributed by atoms with Crippen LogP contribution in [-0.4, -0.2) is 12.7 Å². The van der Waals surface area contributed by atoms with Gasteiger partial charge in [-0.2, -0.15) is 13.2 Å². The molecule has 0 aromatic rings. The molecule has 0 saturated heterocycles. The van der Waals surface area contributed by atoms with E-state index in [-0.39, 0.29) is 5.92 Å². The van der Waals surface area contributed by atoms with Gasteiger partial charge in [-0.15, -0.1) is 0 Å². The SMILES string of the molecule is C=C(NCC(F)(F)F)C(C)C. The average molecular weight is 167 g/mol. The van der Waals surface area contributed by atoms with Gasteiger partial charge in [0, 0.05) is 5.70 Å². The van der Waals surface area contributed by atoms with E-state index in [1.807, 2.05) is 0 Å². The number of alkyl halides is 3. The molecule has 0 aliphatic rings. The zero-order valence-electron chi connectivity index (χ0n) is 6.63. The summed E-state index contributed by atoms with van der Waals surface area (Å²) >= 11 is 0. The van der Waals surface area contributed by atoms with Crippen molar-refractivity contribution >= 4 is 0 Å². The molecule has 0 aromatic heterocycles. The lowest BCUT2D eigenvalue weighted by molar-refractivity contribution is -0.123. The van der Waals surface area contributed by atoms with E-state index >= 15 is 0 Å². The van der Waals surface area contributed by atoms with Crippen molar-refractivity contribution in [2.75, 3.05) is 6.54 Å². The lowest BCUT2D eigenvalue weighted by Gasteiger charge is -2.13. The van der Waals surface area contributed by atoms with Crippen molar-refractivity contribution in [1.29, 1.82) is 0 Å². The first-order chi connectivity index (χ1) is 4.83. The maximum absolute atomic E-state index is 11.6. The average Bonchev–Trinajstić information content (AvgIpc) is 1.80. The molecule has 0 rings (SSSR count). The van der Waals surface area contributed by atoms with Gasteiger partial charge in [-0.1, -0.05) is 20.4 Å². The van der Waals surface area contributed by atoms with Crippen LogP contribution >= 0.6 is 0 Å². The molecule has 0 spiro atoms. The van der Waals surface area contributed by atoms with Crippen LogP contribution in [0.1, 0.15) is 13.8 Å². The zero-order chi connectivity index (χ0) is 9.07. The first-order valence-corrected chi connectivity index (χ1v) is 3.32. The molecule has 66 valence electrons. The maximum Gasteiger partial charge on any atom is 0.405 e. The van der Waals surface area contributed by atoms with Crippen LogP contribution in [-0.2, 0) is 0 Å². The van der Waals surface area contributed by atoms with Crippen molar-refractivity contribution in [2.24, 2.45) is 5.92 Å². The van der Waals surface area contributed by atoms with Crippen LogP contribution < -0.4 is 5.32 Å². The van der Waals surface area contributed by atoms with Gasteiger partial charge in [-0.25, -0.2) is 0 Å². The lowest BCUT2D eigenvalue weighted by atomic mass is 10.1. The van der Waals surface area contributed by atoms with E-state index in [9.17, 15) is 13.2 Å². The minimum Gasteiger partial charge on any atom is -0.380 e. The number of halogens is 3. The second-order valence-electron chi connectivity index (χ2n) is 2.65. The van der Waals surface area contributed by atoms with Gasteiger partial charge in [0.25, 0.3) is 0 Å². The second kappa shape index (κ2) is 3.64. The monoisotopic (exact) mass is 167 g/mol. The highest BCUT2D eigenvalue weighted by Gasteiger charge is 2.26. The molecule has 0 aromatic carbocycles. The highest BCUT2D eigenvalue weighted by atomic mass is 19.4. The van der Waals surface area contributed by atoms with Crippen LogP contribution in [0.5, 0.6) is 0 Å². The van der Waals surface area contributed by atoms with Crippen molar-refractivity contribution < 1.29 is 13.2 Å². The van der Waals surface area contributed by atoms with Crippen LogP contribution in [0.4, 0.5) is 13.2 Å². The van der Waals surface area contributed by atoms with Crippen molar-refractivity contribution in [3.05, 3.63) is 12.3 Å². The molecule has 0 unspecified atom stereocenters. The number of allylic oxidation sites excluding steroid dienone is 1. The van der Waals surface area contributed by atoms with Crippen LogP contribution in [0, 0.1) is 5.92 Å². The fraction of sp³-hybridized carbons (Fsp3) is 0.714. The molecular weight excluding hydrogens is 155 g/mol. The molecule has 1 nitrogen and oxygen atoms in total. The lowest BCUT2D eigenvalue weighted by Crippen LogP contribution is -2.29. The summed E-state index contributed by atoms with van der Waals surface area (Å²) in [5.41, 5.74) is 0.419. The Morgan fingerprint density at radius 3 is 2.18 bits per heavy atom. The smallest absolute Gasteiger partial charge is 0.380 e. The Morgan fingerprint density at radius 1 is 1.45 bits per heavy atom. The minimum atomic E-state index is -4.15. The van der Waals surface area contributed by atoms with Gasteiger partial charge in [0.2, 0.25) is 0 Å². The quantitative estimate of drug-likeness (QED) is 0.680. The van der Waals surface area contributed by atoms with Gasteiger partial charge >= 0.3 is 6.18 Å². The first kappa shape index (κ1) is 10.3. The largest absolute Gasteiger partial charge is 0.405 e. The molecular formula is C7H12F3N. The van der Waals surface area contributed by atoms with Gasteiger partial charge in [-0.05, 0) is 5.92 Å². The van der Waals surface area contributed by atoms with Crippen molar-refractivity contribution in [1.82, 2.24) is 5.32 Å². The Bertz CT molecular complexity index is 137. The molecule has 0 amide bonds. The van der Waals surface area contributed by atoms with E-state index in [1.165, 1.54) is 0 Å². The van der Waals surface area contributed by atoms with Crippen LogP contribution in [0.3, 0.4) is 0 Å². The molecule has 0 fully saturated rings. The Hall–Kier alpha value is -0.670. The van der Waals surface area contributed by atoms with Gasteiger partial charge < -0.3 is 5.32 Å². The third-order valence-corrected chi connectivity index (χ3v) is 1.21. The zero-order valence-corrected chi connectivity index (χ0v) is 6.63. The molecule has 4 heteroatoms. The fourth-order valence-corrected chi connectivity index (χ4v) is 0.418. The standard InChI is InChI=1S/C7H12F3N/c1-5(2)6(3)11-4-7(8,9)10/h5,11H,3-4H2,1-2H3. The highest BCUT2D eigenvalue weighted by molar-refractivity contribution is 4.94. The van der Waals surface area contributed by atoms with E-state index in [1.54, 1.807) is 13.8 Å². The summed E-state index contributed by atoms with van der Waals surface area (Å²) in [4.78, 5) is 0. The Kier molecular flexibility index (Phi) is 3.42. The molecule has 0 radical (unpaired) electrons. The van der Waals surface area contributed by atoms with Gasteiger partial charge in [-0.3, -0.25) is 0 Å². The van der Waals surface area contributed by atoms with Crippen LogP contribution in [0.15, 0.2) is 12.3 Å². The summed E-state index contributed by atoms with van der Waals surface area (Å²) in [6, 6.07) is 0. The Balaban J connectivity index is 3.64. The van der Waals surface area contributed by atoms with Gasteiger partial charge in [0.1, 0.15) is 6.54 Å². The van der Waals surface area contributed by atoms with E-state index in [4.69, 9.17) is 0 Å². The van der Waals surface area contributed by atoms with Gasteiger partial charge in [0.05, 0.1) is 0 Å². The number of nitrogens with one attached hydrogen (secondary N) is 1. The predicted octanol–water partition coefficient (Wildman–Crippen LogP) is 2.31. The molecule has 11 heavy (non-hydrogen) atoms. The predicted molar refractivity (Wildman–Crippen MR) is 38.0 cm³/mol. The Morgan fingerprint density at radius 2 is 1.91 bits per heavy atom. The molecule has 0 bridgehead atoms. The number of rotatable bonds is 3. The highest BCUT2D eigenvalue weighted by Crippen LogP contribution is 2.14. The van der Waals surface area contributed by atoms with E-state index < -0.39 is 12.7 Å². The van der Waals surface area contributed by atoms with Crippen molar-refractivity contribution in [3.63, 3.8) is 0 Å². The molecule has 0 aliphatic carbocycles. The molecule has 0 saturated carbocycles. The van der Waals surface area contributed by atoms with Gasteiger partial charge in [0.15, 0.2) is 0 Å². The minimum absolute atomic E-state index is 0.0392. The van der Waals surface area contributed by atoms with E-state index in [2.05, 4.69) is 11.9 Å². The van der Waals surface area contributed by atoms with E-state index in [0.717, 1.165) is 0 Å². The molecule has 0 aliphatic heterocycles. The van der Waals surface area contributed by atoms with Crippen molar-refractivity contribution in [3.8, 4) is 0 Å². The maximum atomic E-state index is 11.6. The second-order valence-corrected chi connectivity index (χ2v) is 2.65. The van der Waals surface area contributed by atoms with Crippen molar-refractivity contribution in [2.45, 2.75) is 20.0 Å². The fourth-order valence-electron chi connectivity index (χ4n) is 0.418. The van der Waals surface area contributed by atoms with E-state index in [0.29, 0.717) is 5.70 Å². The Labute approximate surface area is 64.3 Å². The molecule has 0 atom stereocenters. The summed E-state index contributed by atoms with van der Waals surface area (Å²) in [6.45, 7) is 6.02. The summed E-state index contributed by atoms with van der Waals surface area (Å²) in [7, 11) is 0. The molecule has 1 N–H and O–H groups in total. The third kappa shape index (κ3) is 5.76. The topological polar surface area (TPSA) is 12.0 Å². The summed E-state index contributed by atoms with van der Waals surface area (Å²) in [5.74, 6) is 0.0392. The van der Waals surface area contributed by atoms with Crippen LogP contribution in [0.2, 0.25) is 0 Å². The first-order valence-electron chi connectivity index (χ1n) is 3.32. The summed E-state index contributed by atoms with van der Waals surface area (Å²) < 4.78 is 34.7. The number of hydrogen-bond acceptors (Lipinski definition) is 1.